The van der Waals surface area contributed by atoms with Crippen LogP contribution in [0.4, 0.5) is 13.2 Å². The molecule has 13 heavy (non-hydrogen) atoms. The maximum atomic E-state index is 11.4. The molecule has 0 aliphatic carbocycles. The minimum absolute atomic E-state index is 1.10. The third-order valence-corrected chi connectivity index (χ3v) is 2.02. The van der Waals surface area contributed by atoms with Crippen molar-refractivity contribution in [1.29, 1.82) is 0 Å². The van der Waals surface area contributed by atoms with Gasteiger partial charge in [-0.3, -0.25) is 4.79 Å². The number of hydrogen-bond acceptors (Lipinski definition) is 3. The van der Waals surface area contributed by atoms with Gasteiger partial charge >= 0.3 is 12.1 Å². The van der Waals surface area contributed by atoms with Crippen molar-refractivity contribution in [3.63, 3.8) is 0 Å². The van der Waals surface area contributed by atoms with E-state index in [2.05, 4.69) is 0 Å². The molecule has 0 aromatic carbocycles. The van der Waals surface area contributed by atoms with Crippen LogP contribution in [0, 0.1) is 0 Å². The molecule has 0 heterocycles. The van der Waals surface area contributed by atoms with E-state index in [1.807, 2.05) is 0 Å². The standard InChI is InChI=1S/C4H6F3NO4S/c5-4(6,7)2-8-13(11,12)1-3(9)10/h8H,1-2H2,(H,9,10). The van der Waals surface area contributed by atoms with Gasteiger partial charge in [0.1, 0.15) is 6.54 Å². The summed E-state index contributed by atoms with van der Waals surface area (Å²) in [4.78, 5) is 9.84. The molecule has 0 spiro atoms. The summed E-state index contributed by atoms with van der Waals surface area (Å²) >= 11 is 0. The largest absolute Gasteiger partial charge is 0.480 e. The zero-order valence-corrected chi connectivity index (χ0v) is 6.94. The third-order valence-electron chi connectivity index (χ3n) is 0.806. The Morgan fingerprint density at radius 2 is 1.85 bits per heavy atom. The summed E-state index contributed by atoms with van der Waals surface area (Å²) in [7, 11) is -4.38. The first-order valence-electron chi connectivity index (χ1n) is 2.88. The molecule has 9 heteroatoms. The van der Waals surface area contributed by atoms with E-state index in [4.69, 9.17) is 5.11 Å². The van der Waals surface area contributed by atoms with Crippen molar-refractivity contribution >= 4 is 16.0 Å². The van der Waals surface area contributed by atoms with Gasteiger partial charge in [-0.25, -0.2) is 13.1 Å². The van der Waals surface area contributed by atoms with Crippen molar-refractivity contribution in [2.45, 2.75) is 6.18 Å². The van der Waals surface area contributed by atoms with Gasteiger partial charge in [0, 0.05) is 0 Å². The summed E-state index contributed by atoms with van der Waals surface area (Å²) in [5, 5.41) is 7.98. The molecule has 5 nitrogen and oxygen atoms in total. The molecule has 0 aliphatic rings. The van der Waals surface area contributed by atoms with Gasteiger partial charge in [0.25, 0.3) is 0 Å². The fourth-order valence-corrected chi connectivity index (χ4v) is 1.22. The number of alkyl halides is 3. The number of carboxylic acids is 1. The molecule has 0 saturated heterocycles. The van der Waals surface area contributed by atoms with Gasteiger partial charge in [-0.1, -0.05) is 0 Å². The molecule has 0 fully saturated rings. The van der Waals surface area contributed by atoms with Gasteiger partial charge in [0.05, 0.1) is 0 Å². The molecule has 0 aliphatic heterocycles. The first kappa shape index (κ1) is 12.2. The second kappa shape index (κ2) is 3.92. The molecule has 0 radical (unpaired) electrons. The molecule has 2 N–H and O–H groups in total. The summed E-state index contributed by atoms with van der Waals surface area (Å²) in [6.07, 6.45) is -4.69. The molecular formula is C4H6F3NO4S. The quantitative estimate of drug-likeness (QED) is 0.673. The molecule has 78 valence electrons. The average molecular weight is 221 g/mol. The molecule has 0 bridgehead atoms. The normalized spacial score (nSPS) is 12.8. The van der Waals surface area contributed by atoms with Crippen LogP contribution in [0.25, 0.3) is 0 Å². The predicted octanol–water partition coefficient (Wildman–Crippen LogP) is -0.447. The maximum absolute atomic E-state index is 11.4. The van der Waals surface area contributed by atoms with Crippen LogP contribution in [0.5, 0.6) is 0 Å². The van der Waals surface area contributed by atoms with Gasteiger partial charge < -0.3 is 5.11 Å². The van der Waals surface area contributed by atoms with Crippen molar-refractivity contribution in [3.05, 3.63) is 0 Å². The summed E-state index contributed by atoms with van der Waals surface area (Å²) in [6, 6.07) is 0. The van der Waals surface area contributed by atoms with E-state index in [1.54, 1.807) is 0 Å². The lowest BCUT2D eigenvalue weighted by Gasteiger charge is -2.07. The Bertz CT molecular complexity index is 282. The minimum atomic E-state index is -4.69. The Kier molecular flexibility index (Phi) is 3.67. The van der Waals surface area contributed by atoms with E-state index in [-0.39, 0.29) is 0 Å². The number of carboxylic acid groups (broad SMARTS) is 1. The van der Waals surface area contributed by atoms with Crippen LogP contribution < -0.4 is 4.72 Å². The Balaban J connectivity index is 4.13. The molecule has 0 aromatic heterocycles. The lowest BCUT2D eigenvalue weighted by molar-refractivity contribution is -0.134. The fraction of sp³-hybridized carbons (Fsp3) is 0.750. The highest BCUT2D eigenvalue weighted by Gasteiger charge is 2.30. The summed E-state index contributed by atoms with van der Waals surface area (Å²) < 4.78 is 56.4. The topological polar surface area (TPSA) is 83.5 Å². The van der Waals surface area contributed by atoms with Gasteiger partial charge in [-0.2, -0.15) is 13.2 Å². The number of aliphatic carboxylic acids is 1. The lowest BCUT2D eigenvalue weighted by atomic mass is 10.7. The molecule has 0 rings (SSSR count). The van der Waals surface area contributed by atoms with E-state index in [0.717, 1.165) is 4.72 Å². The van der Waals surface area contributed by atoms with Gasteiger partial charge in [0.15, 0.2) is 5.75 Å². The predicted molar refractivity (Wildman–Crippen MR) is 35.5 cm³/mol. The molecule has 0 amide bonds. The number of halogens is 3. The third kappa shape index (κ3) is 7.53. The average Bonchev–Trinajstić information content (AvgIpc) is 1.79. The zero-order valence-electron chi connectivity index (χ0n) is 6.13. The van der Waals surface area contributed by atoms with Crippen molar-refractivity contribution in [1.82, 2.24) is 4.72 Å². The van der Waals surface area contributed by atoms with E-state index < -0.39 is 34.5 Å². The molecule has 0 aromatic rings. The second-order valence-electron chi connectivity index (χ2n) is 2.09. The molecular weight excluding hydrogens is 215 g/mol. The second-order valence-corrected chi connectivity index (χ2v) is 3.90. The van der Waals surface area contributed by atoms with Crippen LogP contribution in [-0.2, 0) is 14.8 Å². The van der Waals surface area contributed by atoms with Gasteiger partial charge in [0.2, 0.25) is 10.0 Å². The maximum Gasteiger partial charge on any atom is 0.402 e. The van der Waals surface area contributed by atoms with Crippen LogP contribution in [0.2, 0.25) is 0 Å². The van der Waals surface area contributed by atoms with Crippen molar-refractivity contribution < 1.29 is 31.5 Å². The first-order chi connectivity index (χ1) is 5.62. The first-order valence-corrected chi connectivity index (χ1v) is 4.53. The number of carbonyl (C=O) groups is 1. The monoisotopic (exact) mass is 221 g/mol. The van der Waals surface area contributed by atoms with E-state index in [9.17, 15) is 26.4 Å². The Labute approximate surface area is 71.6 Å². The van der Waals surface area contributed by atoms with Crippen molar-refractivity contribution in [3.8, 4) is 0 Å². The van der Waals surface area contributed by atoms with Crippen molar-refractivity contribution in [2.75, 3.05) is 12.3 Å². The van der Waals surface area contributed by atoms with Crippen LogP contribution in [0.15, 0.2) is 0 Å². The van der Waals surface area contributed by atoms with Crippen LogP contribution >= 0.6 is 0 Å². The highest BCUT2D eigenvalue weighted by Crippen LogP contribution is 2.12. The Hall–Kier alpha value is -0.830. The summed E-state index contributed by atoms with van der Waals surface area (Å²) in [5.41, 5.74) is 0. The fourth-order valence-electron chi connectivity index (χ4n) is 0.405. The SMILES string of the molecule is O=C(O)CS(=O)(=O)NCC(F)(F)F. The van der Waals surface area contributed by atoms with E-state index >= 15 is 0 Å². The smallest absolute Gasteiger partial charge is 0.402 e. The Morgan fingerprint density at radius 3 is 2.15 bits per heavy atom. The number of sulfonamides is 1. The van der Waals surface area contributed by atoms with Crippen LogP contribution in [-0.4, -0.2) is 38.0 Å². The zero-order chi connectivity index (χ0) is 10.7. The Morgan fingerprint density at radius 1 is 1.38 bits per heavy atom. The lowest BCUT2D eigenvalue weighted by Crippen LogP contribution is -2.36. The van der Waals surface area contributed by atoms with E-state index in [1.165, 1.54) is 0 Å². The van der Waals surface area contributed by atoms with Crippen LogP contribution in [0.3, 0.4) is 0 Å². The highest BCUT2D eigenvalue weighted by molar-refractivity contribution is 7.90. The van der Waals surface area contributed by atoms with Gasteiger partial charge in [-0.05, 0) is 0 Å². The number of nitrogens with one attached hydrogen (secondary N) is 1. The minimum Gasteiger partial charge on any atom is -0.480 e. The number of hydrogen-bond donors (Lipinski definition) is 2. The highest BCUT2D eigenvalue weighted by atomic mass is 32.2. The van der Waals surface area contributed by atoms with Crippen LogP contribution in [0.1, 0.15) is 0 Å². The number of rotatable bonds is 4. The van der Waals surface area contributed by atoms with Crippen molar-refractivity contribution in [2.24, 2.45) is 0 Å². The molecule has 0 unspecified atom stereocenters. The molecule has 0 atom stereocenters. The molecule has 0 saturated carbocycles. The van der Waals surface area contributed by atoms with E-state index in [0.29, 0.717) is 0 Å². The summed E-state index contributed by atoms with van der Waals surface area (Å²) in [5.74, 6) is -3.09. The summed E-state index contributed by atoms with van der Waals surface area (Å²) in [6.45, 7) is -1.76. The van der Waals surface area contributed by atoms with Gasteiger partial charge in [-0.15, -0.1) is 0 Å².